The second-order valence-corrected chi connectivity index (χ2v) is 7.46. The van der Waals surface area contributed by atoms with Gasteiger partial charge in [0.25, 0.3) is 0 Å². The molecule has 21 heavy (non-hydrogen) atoms. The van der Waals surface area contributed by atoms with Gasteiger partial charge in [-0.2, -0.15) is 23.5 Å². The Morgan fingerprint density at radius 1 is 0.762 bits per heavy atom. The van der Waals surface area contributed by atoms with Crippen LogP contribution in [-0.2, 0) is 18.9 Å². The summed E-state index contributed by atoms with van der Waals surface area (Å²) in [5.74, 6) is 4.99. The first kappa shape index (κ1) is 19.6. The largest absolute Gasteiger partial charge is 0.381 e. The first-order valence-corrected chi connectivity index (χ1v) is 9.92. The molecule has 3 heterocycles. The summed E-state index contributed by atoms with van der Waals surface area (Å²) < 4.78 is 20.2. The quantitative estimate of drug-likeness (QED) is 0.787. The molecule has 3 rings (SSSR count). The molecule has 126 valence electrons. The average molecular weight is 339 g/mol. The van der Waals surface area contributed by atoms with Gasteiger partial charge in [0.05, 0.1) is 24.9 Å². The van der Waals surface area contributed by atoms with Crippen LogP contribution in [0.1, 0.15) is 19.3 Å². The number of rotatable bonds is 3. The molecule has 0 radical (unpaired) electrons. The highest BCUT2D eigenvalue weighted by Gasteiger charge is 2.14. The molecule has 0 saturated carbocycles. The molecule has 3 fully saturated rings. The summed E-state index contributed by atoms with van der Waals surface area (Å²) in [7, 11) is 5.30. The summed E-state index contributed by atoms with van der Waals surface area (Å²) in [6.07, 6.45) is 5.06. The second kappa shape index (κ2) is 13.0. The summed E-state index contributed by atoms with van der Waals surface area (Å²) in [6, 6.07) is 0. The third-order valence-corrected chi connectivity index (χ3v) is 5.93. The Morgan fingerprint density at radius 2 is 1.29 bits per heavy atom. The monoisotopic (exact) mass is 338 g/mol. The smallest absolute Gasteiger partial charge is 0.0826 e. The van der Waals surface area contributed by atoms with Gasteiger partial charge in [0, 0.05) is 39.4 Å². The van der Waals surface area contributed by atoms with Gasteiger partial charge >= 0.3 is 0 Å². The zero-order chi connectivity index (χ0) is 15.3. The van der Waals surface area contributed by atoms with E-state index in [1.165, 1.54) is 35.9 Å². The van der Waals surface area contributed by atoms with Crippen LogP contribution in [0.25, 0.3) is 0 Å². The van der Waals surface area contributed by atoms with E-state index >= 15 is 0 Å². The maximum Gasteiger partial charge on any atom is 0.0826 e. The first-order chi connectivity index (χ1) is 10.3. The van der Waals surface area contributed by atoms with E-state index in [4.69, 9.17) is 18.9 Å². The lowest BCUT2D eigenvalue weighted by Gasteiger charge is -2.01. The summed E-state index contributed by atoms with van der Waals surface area (Å²) in [5, 5.41) is 0. The molecule has 3 atom stereocenters. The molecule has 3 aliphatic rings. The molecule has 3 aliphatic heterocycles. The Morgan fingerprint density at radius 3 is 1.48 bits per heavy atom. The Labute approximate surface area is 138 Å². The predicted octanol–water partition coefficient (Wildman–Crippen LogP) is 2.70. The van der Waals surface area contributed by atoms with E-state index in [9.17, 15) is 0 Å². The minimum absolute atomic E-state index is 0.375. The molecule has 0 unspecified atom stereocenters. The van der Waals surface area contributed by atoms with Crippen LogP contribution in [0, 0.1) is 0 Å². The van der Waals surface area contributed by atoms with Gasteiger partial charge in [0.15, 0.2) is 0 Å². The third kappa shape index (κ3) is 9.31. The SMILES string of the molecule is CO[C@H]1CCOC1.CO[C@H]1CCSC1.CO[C@H]1CCSC1. The number of ether oxygens (including phenoxy) is 4. The van der Waals surface area contributed by atoms with Crippen LogP contribution in [0.5, 0.6) is 0 Å². The highest BCUT2D eigenvalue weighted by molar-refractivity contribution is 7.99. The van der Waals surface area contributed by atoms with Crippen molar-refractivity contribution in [1.29, 1.82) is 0 Å². The lowest BCUT2D eigenvalue weighted by molar-refractivity contribution is 0.0822. The van der Waals surface area contributed by atoms with Gasteiger partial charge in [0.1, 0.15) is 0 Å². The van der Waals surface area contributed by atoms with E-state index in [-0.39, 0.29) is 0 Å². The van der Waals surface area contributed by atoms with Crippen LogP contribution < -0.4 is 0 Å². The Bertz CT molecular complexity index is 188. The molecule has 0 aromatic heterocycles. The second-order valence-electron chi connectivity index (χ2n) is 5.16. The lowest BCUT2D eigenvalue weighted by atomic mass is 10.3. The fourth-order valence-electron chi connectivity index (χ4n) is 2.10. The Balaban J connectivity index is 0.000000157. The van der Waals surface area contributed by atoms with E-state index in [0.29, 0.717) is 18.3 Å². The summed E-state index contributed by atoms with van der Waals surface area (Å²) >= 11 is 3.96. The molecule has 4 nitrogen and oxygen atoms in total. The zero-order valence-electron chi connectivity index (χ0n) is 13.5. The molecule has 0 aromatic carbocycles. The number of hydrogen-bond donors (Lipinski definition) is 0. The number of hydrogen-bond acceptors (Lipinski definition) is 6. The summed E-state index contributed by atoms with van der Waals surface area (Å²) in [6.45, 7) is 1.66. The zero-order valence-corrected chi connectivity index (χ0v) is 15.2. The van der Waals surface area contributed by atoms with Crippen molar-refractivity contribution in [2.45, 2.75) is 37.6 Å². The van der Waals surface area contributed by atoms with Crippen LogP contribution in [-0.4, -0.2) is 75.9 Å². The molecule has 0 aromatic rings. The van der Waals surface area contributed by atoms with Crippen LogP contribution in [0.4, 0.5) is 0 Å². The summed E-state index contributed by atoms with van der Waals surface area (Å²) in [5.41, 5.74) is 0. The van der Waals surface area contributed by atoms with Crippen LogP contribution in [0.2, 0.25) is 0 Å². The van der Waals surface area contributed by atoms with Crippen molar-refractivity contribution in [3.63, 3.8) is 0 Å². The maximum atomic E-state index is 5.09. The highest BCUT2D eigenvalue weighted by atomic mass is 32.2. The molecular weight excluding hydrogens is 308 g/mol. The lowest BCUT2D eigenvalue weighted by Crippen LogP contribution is -2.07. The van der Waals surface area contributed by atoms with E-state index in [0.717, 1.165) is 19.6 Å². The minimum atomic E-state index is 0.375. The van der Waals surface area contributed by atoms with Gasteiger partial charge in [-0.05, 0) is 30.8 Å². The molecule has 0 bridgehead atoms. The third-order valence-electron chi connectivity index (χ3n) is 3.66. The predicted molar refractivity (Wildman–Crippen MR) is 91.7 cm³/mol. The van der Waals surface area contributed by atoms with Gasteiger partial charge in [-0.15, -0.1) is 0 Å². The molecule has 3 saturated heterocycles. The van der Waals surface area contributed by atoms with Gasteiger partial charge in [-0.1, -0.05) is 0 Å². The van der Waals surface area contributed by atoms with Crippen molar-refractivity contribution in [1.82, 2.24) is 0 Å². The van der Waals surface area contributed by atoms with Gasteiger partial charge in [0.2, 0.25) is 0 Å². The molecule has 0 N–H and O–H groups in total. The van der Waals surface area contributed by atoms with Gasteiger partial charge in [-0.3, -0.25) is 0 Å². The maximum absolute atomic E-state index is 5.09. The average Bonchev–Trinajstić information content (AvgIpc) is 3.31. The Kier molecular flexibility index (Phi) is 12.1. The molecular formula is C15H30O4S2. The standard InChI is InChI=1S/C5H10O2.2C5H10OS/c3*1-6-5-2-3-7-4-5/h3*5H,2-4H2,1H3/t3*5-/m000/s1. The fraction of sp³-hybridized carbons (Fsp3) is 1.00. The van der Waals surface area contributed by atoms with Gasteiger partial charge < -0.3 is 18.9 Å². The molecule has 0 spiro atoms. The van der Waals surface area contributed by atoms with Crippen molar-refractivity contribution in [3.8, 4) is 0 Å². The number of thioether (sulfide) groups is 2. The van der Waals surface area contributed by atoms with E-state index in [1.54, 1.807) is 21.3 Å². The fourth-order valence-corrected chi connectivity index (χ4v) is 4.42. The number of methoxy groups -OCH3 is 3. The Hall–Kier alpha value is 0.540. The van der Waals surface area contributed by atoms with Gasteiger partial charge in [-0.25, -0.2) is 0 Å². The molecule has 6 heteroatoms. The highest BCUT2D eigenvalue weighted by Crippen LogP contribution is 2.19. The van der Waals surface area contributed by atoms with Crippen molar-refractivity contribution < 1.29 is 18.9 Å². The van der Waals surface area contributed by atoms with E-state index in [2.05, 4.69) is 0 Å². The van der Waals surface area contributed by atoms with Crippen LogP contribution >= 0.6 is 23.5 Å². The molecule has 0 aliphatic carbocycles. The summed E-state index contributed by atoms with van der Waals surface area (Å²) in [4.78, 5) is 0. The van der Waals surface area contributed by atoms with Crippen molar-refractivity contribution in [2.75, 3.05) is 57.6 Å². The normalized spacial score (nSPS) is 31.3. The first-order valence-electron chi connectivity index (χ1n) is 7.61. The topological polar surface area (TPSA) is 36.9 Å². The van der Waals surface area contributed by atoms with Crippen LogP contribution in [0.15, 0.2) is 0 Å². The van der Waals surface area contributed by atoms with Crippen LogP contribution in [0.3, 0.4) is 0 Å². The van der Waals surface area contributed by atoms with E-state index < -0.39 is 0 Å². The van der Waals surface area contributed by atoms with Crippen molar-refractivity contribution in [2.24, 2.45) is 0 Å². The van der Waals surface area contributed by atoms with Crippen molar-refractivity contribution >= 4 is 23.5 Å². The van der Waals surface area contributed by atoms with Crippen molar-refractivity contribution in [3.05, 3.63) is 0 Å². The minimum Gasteiger partial charge on any atom is -0.381 e. The van der Waals surface area contributed by atoms with E-state index in [1.807, 2.05) is 23.5 Å². The molecule has 0 amide bonds.